The Balaban J connectivity index is 1.30. The molecule has 0 spiro atoms. The van der Waals surface area contributed by atoms with Crippen molar-refractivity contribution < 1.29 is 4.39 Å². The van der Waals surface area contributed by atoms with Gasteiger partial charge in [-0.25, -0.2) is 4.39 Å². The van der Waals surface area contributed by atoms with Crippen LogP contribution >= 0.6 is 0 Å². The Morgan fingerprint density at radius 2 is 1.97 bits per heavy atom. The van der Waals surface area contributed by atoms with Crippen LogP contribution in [-0.4, -0.2) is 32.9 Å². The second-order valence-corrected chi connectivity index (χ2v) is 8.28. The van der Waals surface area contributed by atoms with Gasteiger partial charge in [-0.15, -0.1) is 0 Å². The Morgan fingerprint density at radius 3 is 2.78 bits per heavy atom. The van der Waals surface area contributed by atoms with Crippen molar-refractivity contribution in [3.05, 3.63) is 107 Å². The maximum atomic E-state index is 13.5. The molecule has 0 radical (unpaired) electrons. The van der Waals surface area contributed by atoms with Gasteiger partial charge in [-0.3, -0.25) is 15.0 Å². The van der Waals surface area contributed by atoms with E-state index in [2.05, 4.69) is 57.6 Å². The molecule has 0 fully saturated rings. The van der Waals surface area contributed by atoms with Gasteiger partial charge >= 0.3 is 0 Å². The van der Waals surface area contributed by atoms with Gasteiger partial charge in [-0.1, -0.05) is 6.07 Å². The summed E-state index contributed by atoms with van der Waals surface area (Å²) < 4.78 is 13.5. The fourth-order valence-corrected chi connectivity index (χ4v) is 4.21. The average Bonchev–Trinajstić information content (AvgIpc) is 2.79. The summed E-state index contributed by atoms with van der Waals surface area (Å²) in [5.74, 6) is -0.329. The molecule has 0 bridgehead atoms. The average molecular weight is 426 g/mol. The van der Waals surface area contributed by atoms with Crippen LogP contribution in [0.5, 0.6) is 0 Å². The molecule has 0 amide bonds. The third-order valence-corrected chi connectivity index (χ3v) is 5.77. The first-order valence-corrected chi connectivity index (χ1v) is 10.6. The largest absolute Gasteiger partial charge is 0.381 e. The summed E-state index contributed by atoms with van der Waals surface area (Å²) in [5.41, 5.74) is 9.57. The Morgan fingerprint density at radius 1 is 1.06 bits per heavy atom. The molecule has 0 unspecified atom stereocenters. The zero-order chi connectivity index (χ0) is 22.1. The molecular weight excluding hydrogens is 401 g/mol. The minimum Gasteiger partial charge on any atom is -0.381 e. The van der Waals surface area contributed by atoms with Crippen LogP contribution in [0.25, 0.3) is 17.0 Å². The first kappa shape index (κ1) is 20.1. The lowest BCUT2D eigenvalue weighted by Crippen LogP contribution is -2.30. The molecule has 3 aromatic rings. The lowest BCUT2D eigenvalue weighted by Gasteiger charge is -2.30. The van der Waals surface area contributed by atoms with Crippen molar-refractivity contribution in [2.75, 3.05) is 13.1 Å². The number of hydrogen-bond acceptors (Lipinski definition) is 5. The Kier molecular flexibility index (Phi) is 5.27. The zero-order valence-corrected chi connectivity index (χ0v) is 18.1. The monoisotopic (exact) mass is 425 g/mol. The molecule has 0 saturated heterocycles. The van der Waals surface area contributed by atoms with E-state index in [-0.39, 0.29) is 5.82 Å². The number of halogens is 1. The molecule has 3 aromatic heterocycles. The molecule has 0 aromatic carbocycles. The van der Waals surface area contributed by atoms with Crippen LogP contribution in [0.4, 0.5) is 4.39 Å². The van der Waals surface area contributed by atoms with Gasteiger partial charge in [0.15, 0.2) is 0 Å². The quantitative estimate of drug-likeness (QED) is 0.664. The third-order valence-electron chi connectivity index (χ3n) is 5.77. The van der Waals surface area contributed by atoms with Crippen LogP contribution in [0, 0.1) is 19.7 Å². The highest BCUT2D eigenvalue weighted by Gasteiger charge is 2.18. The standard InChI is InChI=1S/C26H24FN5/c1-17-7-19(11-31-26(17)21-3-5-29-18(2)8-21)15-32-6-4-20-10-25(30-13-23(20)16-32)22-9-24(27)14-28-12-22/h3-12,14,30H,13,15-16H2,1-2H3. The van der Waals surface area contributed by atoms with E-state index in [9.17, 15) is 4.39 Å². The van der Waals surface area contributed by atoms with Gasteiger partial charge in [0.2, 0.25) is 0 Å². The molecule has 2 aliphatic rings. The fourth-order valence-electron chi connectivity index (χ4n) is 4.21. The lowest BCUT2D eigenvalue weighted by atomic mass is 9.98. The number of dihydropyridines is 1. The van der Waals surface area contributed by atoms with E-state index in [0.717, 1.165) is 53.4 Å². The number of rotatable bonds is 4. The summed E-state index contributed by atoms with van der Waals surface area (Å²) in [5, 5.41) is 3.40. The zero-order valence-electron chi connectivity index (χ0n) is 18.1. The van der Waals surface area contributed by atoms with Crippen molar-refractivity contribution in [1.82, 2.24) is 25.2 Å². The van der Waals surface area contributed by atoms with Gasteiger partial charge < -0.3 is 10.2 Å². The molecule has 5 heterocycles. The summed E-state index contributed by atoms with van der Waals surface area (Å²) in [6.45, 7) is 6.46. The van der Waals surface area contributed by atoms with E-state index in [4.69, 9.17) is 4.98 Å². The molecule has 5 rings (SSSR count). The van der Waals surface area contributed by atoms with Crippen molar-refractivity contribution in [3.63, 3.8) is 0 Å². The van der Waals surface area contributed by atoms with E-state index in [0.29, 0.717) is 0 Å². The van der Waals surface area contributed by atoms with Gasteiger partial charge in [0.1, 0.15) is 5.82 Å². The highest BCUT2D eigenvalue weighted by molar-refractivity contribution is 5.70. The minimum atomic E-state index is -0.329. The van der Waals surface area contributed by atoms with E-state index >= 15 is 0 Å². The lowest BCUT2D eigenvalue weighted by molar-refractivity contribution is 0.389. The highest BCUT2D eigenvalue weighted by Crippen LogP contribution is 2.27. The summed E-state index contributed by atoms with van der Waals surface area (Å²) in [7, 11) is 0. The van der Waals surface area contributed by atoms with E-state index in [1.54, 1.807) is 6.20 Å². The van der Waals surface area contributed by atoms with Crippen molar-refractivity contribution in [3.8, 4) is 11.3 Å². The molecule has 0 atom stereocenters. The van der Waals surface area contributed by atoms with Gasteiger partial charge in [-0.05, 0) is 66.5 Å². The minimum absolute atomic E-state index is 0.329. The molecule has 5 nitrogen and oxygen atoms in total. The first-order chi connectivity index (χ1) is 15.5. The number of aromatic nitrogens is 3. The van der Waals surface area contributed by atoms with Crippen LogP contribution in [0.2, 0.25) is 0 Å². The number of pyridine rings is 3. The maximum Gasteiger partial charge on any atom is 0.142 e. The predicted octanol–water partition coefficient (Wildman–Crippen LogP) is 4.56. The second-order valence-electron chi connectivity index (χ2n) is 8.28. The van der Waals surface area contributed by atoms with Crippen LogP contribution in [0.3, 0.4) is 0 Å². The molecule has 6 heteroatoms. The molecule has 2 aliphatic heterocycles. The van der Waals surface area contributed by atoms with Crippen LogP contribution in [0.15, 0.2) is 78.6 Å². The normalized spacial score (nSPS) is 15.3. The second kappa shape index (κ2) is 8.38. The number of aryl methyl sites for hydroxylation is 2. The molecular formula is C26H24FN5. The van der Waals surface area contributed by atoms with Gasteiger partial charge in [0.05, 0.1) is 11.9 Å². The molecule has 0 aliphatic carbocycles. The van der Waals surface area contributed by atoms with E-state index in [1.807, 2.05) is 25.4 Å². The van der Waals surface area contributed by atoms with Crippen LogP contribution < -0.4 is 5.32 Å². The number of allylic oxidation sites excluding steroid dienone is 3. The Hall–Kier alpha value is -3.80. The van der Waals surface area contributed by atoms with Crippen molar-refractivity contribution in [1.29, 1.82) is 0 Å². The first-order valence-electron chi connectivity index (χ1n) is 10.6. The molecule has 32 heavy (non-hydrogen) atoms. The van der Waals surface area contributed by atoms with E-state index in [1.165, 1.54) is 29.0 Å². The van der Waals surface area contributed by atoms with E-state index < -0.39 is 0 Å². The number of nitrogens with zero attached hydrogens (tertiary/aromatic N) is 4. The van der Waals surface area contributed by atoms with Gasteiger partial charge in [0.25, 0.3) is 0 Å². The topological polar surface area (TPSA) is 53.9 Å². The third kappa shape index (κ3) is 4.17. The van der Waals surface area contributed by atoms with Gasteiger partial charge in [-0.2, -0.15) is 0 Å². The van der Waals surface area contributed by atoms with Crippen molar-refractivity contribution in [2.45, 2.75) is 20.4 Å². The Labute approximate surface area is 187 Å². The molecule has 0 saturated carbocycles. The number of nitrogens with one attached hydrogen (secondary N) is 1. The van der Waals surface area contributed by atoms with Crippen LogP contribution in [0.1, 0.15) is 22.4 Å². The summed E-state index contributed by atoms with van der Waals surface area (Å²) in [6.07, 6.45) is 13.0. The van der Waals surface area contributed by atoms with Crippen LogP contribution in [-0.2, 0) is 6.54 Å². The fraction of sp³-hybridized carbons (Fsp3) is 0.192. The van der Waals surface area contributed by atoms with Crippen molar-refractivity contribution in [2.24, 2.45) is 0 Å². The molecule has 160 valence electrons. The maximum absolute atomic E-state index is 13.5. The smallest absolute Gasteiger partial charge is 0.142 e. The summed E-state index contributed by atoms with van der Waals surface area (Å²) >= 11 is 0. The number of hydrogen-bond donors (Lipinski definition) is 1. The Bertz CT molecular complexity index is 1270. The highest BCUT2D eigenvalue weighted by atomic mass is 19.1. The van der Waals surface area contributed by atoms with Crippen molar-refractivity contribution >= 4 is 5.70 Å². The predicted molar refractivity (Wildman–Crippen MR) is 124 cm³/mol. The summed E-state index contributed by atoms with van der Waals surface area (Å²) in [6, 6.07) is 7.78. The SMILES string of the molecule is Cc1cc(-c2ncc(CN3C=CC4=C(CNC(c5cncc(F)c5)=C4)C3)cc2C)ccn1. The van der Waals surface area contributed by atoms with Gasteiger partial charge in [0, 0.05) is 66.9 Å². The molecule has 1 N–H and O–H groups in total. The summed E-state index contributed by atoms with van der Waals surface area (Å²) in [4.78, 5) is 15.3.